The SMILES string of the molecule is CC(NC(C)c1cccc2ccccc12)c1csc(Cl)c1. The maximum atomic E-state index is 6.03. The van der Waals surface area contributed by atoms with E-state index >= 15 is 0 Å². The molecule has 1 N–H and O–H groups in total. The van der Waals surface area contributed by atoms with E-state index in [4.69, 9.17) is 11.6 Å². The topological polar surface area (TPSA) is 12.0 Å². The molecule has 0 aliphatic carbocycles. The van der Waals surface area contributed by atoms with Gasteiger partial charge in [0.15, 0.2) is 0 Å². The molecule has 0 radical (unpaired) electrons. The van der Waals surface area contributed by atoms with Crippen molar-refractivity contribution in [2.24, 2.45) is 0 Å². The van der Waals surface area contributed by atoms with Crippen LogP contribution in [0.3, 0.4) is 0 Å². The second-order valence-electron chi connectivity index (χ2n) is 5.36. The minimum atomic E-state index is 0.280. The van der Waals surface area contributed by atoms with Crippen LogP contribution in [0.1, 0.15) is 37.1 Å². The molecule has 0 spiro atoms. The van der Waals surface area contributed by atoms with E-state index in [9.17, 15) is 0 Å². The number of nitrogens with one attached hydrogen (secondary N) is 1. The lowest BCUT2D eigenvalue weighted by Crippen LogP contribution is -2.22. The van der Waals surface area contributed by atoms with Crippen molar-refractivity contribution in [2.45, 2.75) is 25.9 Å². The molecular weight excluding hydrogens is 298 g/mol. The highest BCUT2D eigenvalue weighted by atomic mass is 35.5. The predicted octanol–water partition coefficient (Wildman–Crippen LogP) is 5.97. The first-order chi connectivity index (χ1) is 10.1. The van der Waals surface area contributed by atoms with E-state index in [0.29, 0.717) is 0 Å². The smallest absolute Gasteiger partial charge is 0.0931 e. The second-order valence-corrected chi connectivity index (χ2v) is 6.91. The van der Waals surface area contributed by atoms with E-state index < -0.39 is 0 Å². The van der Waals surface area contributed by atoms with Crippen molar-refractivity contribution in [3.8, 4) is 0 Å². The molecule has 3 rings (SSSR count). The molecule has 21 heavy (non-hydrogen) atoms. The van der Waals surface area contributed by atoms with Crippen LogP contribution in [0.15, 0.2) is 53.9 Å². The van der Waals surface area contributed by atoms with Crippen molar-refractivity contribution in [1.82, 2.24) is 5.32 Å². The summed E-state index contributed by atoms with van der Waals surface area (Å²) in [5.74, 6) is 0. The Bertz CT molecular complexity index is 744. The van der Waals surface area contributed by atoms with E-state index in [0.717, 1.165) is 4.34 Å². The summed E-state index contributed by atoms with van der Waals surface area (Å²) < 4.78 is 0.844. The van der Waals surface area contributed by atoms with Crippen molar-refractivity contribution in [3.63, 3.8) is 0 Å². The standard InChI is InChI=1S/C18H18ClNS/c1-12(15-10-18(19)21-11-15)20-13(2)16-9-5-7-14-6-3-4-8-17(14)16/h3-13,20H,1-2H3. The van der Waals surface area contributed by atoms with Crippen molar-refractivity contribution in [2.75, 3.05) is 0 Å². The largest absolute Gasteiger partial charge is 0.304 e. The Balaban J connectivity index is 1.85. The summed E-state index contributed by atoms with van der Waals surface area (Å²) in [5, 5.41) is 8.39. The molecule has 2 atom stereocenters. The minimum absolute atomic E-state index is 0.280. The normalized spacial score (nSPS) is 14.2. The Hall–Kier alpha value is -1.35. The summed E-state index contributed by atoms with van der Waals surface area (Å²) >= 11 is 7.61. The molecule has 2 unspecified atom stereocenters. The van der Waals surface area contributed by atoms with Crippen LogP contribution in [0.2, 0.25) is 4.34 Å². The predicted molar refractivity (Wildman–Crippen MR) is 93.2 cm³/mol. The molecule has 0 amide bonds. The molecule has 1 nitrogen and oxygen atoms in total. The van der Waals surface area contributed by atoms with Gasteiger partial charge in [0.25, 0.3) is 0 Å². The van der Waals surface area contributed by atoms with Gasteiger partial charge in [-0.3, -0.25) is 0 Å². The van der Waals surface area contributed by atoms with Crippen LogP contribution in [-0.4, -0.2) is 0 Å². The highest BCUT2D eigenvalue weighted by Gasteiger charge is 2.14. The third kappa shape index (κ3) is 3.13. The van der Waals surface area contributed by atoms with Crippen LogP contribution in [0, 0.1) is 0 Å². The van der Waals surface area contributed by atoms with E-state index in [1.54, 1.807) is 11.3 Å². The fraction of sp³-hybridized carbons (Fsp3) is 0.222. The zero-order valence-corrected chi connectivity index (χ0v) is 13.7. The molecule has 1 aromatic heterocycles. The van der Waals surface area contributed by atoms with Gasteiger partial charge in [-0.25, -0.2) is 0 Å². The molecule has 0 saturated heterocycles. The number of thiophene rings is 1. The Kier molecular flexibility index (Phi) is 4.29. The van der Waals surface area contributed by atoms with Crippen molar-refractivity contribution >= 4 is 33.7 Å². The van der Waals surface area contributed by atoms with Gasteiger partial charge in [-0.2, -0.15) is 0 Å². The first-order valence-corrected chi connectivity index (χ1v) is 8.38. The lowest BCUT2D eigenvalue weighted by atomic mass is 9.99. The maximum absolute atomic E-state index is 6.03. The molecular formula is C18H18ClNS. The van der Waals surface area contributed by atoms with Gasteiger partial charge in [0, 0.05) is 12.1 Å². The van der Waals surface area contributed by atoms with Gasteiger partial charge >= 0.3 is 0 Å². The van der Waals surface area contributed by atoms with Gasteiger partial charge in [0.2, 0.25) is 0 Å². The van der Waals surface area contributed by atoms with E-state index in [1.807, 2.05) is 6.07 Å². The Morgan fingerprint density at radius 3 is 2.52 bits per heavy atom. The van der Waals surface area contributed by atoms with Gasteiger partial charge in [0.1, 0.15) is 0 Å². The Morgan fingerprint density at radius 1 is 1.00 bits per heavy atom. The Morgan fingerprint density at radius 2 is 1.76 bits per heavy atom. The number of hydrogen-bond donors (Lipinski definition) is 1. The summed E-state index contributed by atoms with van der Waals surface area (Å²) in [6.45, 7) is 4.40. The highest BCUT2D eigenvalue weighted by Crippen LogP contribution is 2.29. The van der Waals surface area contributed by atoms with E-state index in [2.05, 4.69) is 67.0 Å². The minimum Gasteiger partial charge on any atom is -0.304 e. The molecule has 1 heterocycles. The molecule has 3 heteroatoms. The van der Waals surface area contributed by atoms with E-state index in [1.165, 1.54) is 21.9 Å². The number of hydrogen-bond acceptors (Lipinski definition) is 2. The average Bonchev–Trinajstić information content (AvgIpc) is 2.93. The van der Waals surface area contributed by atoms with Crippen molar-refractivity contribution < 1.29 is 0 Å². The number of benzene rings is 2. The Labute approximate surface area is 134 Å². The first kappa shape index (κ1) is 14.6. The highest BCUT2D eigenvalue weighted by molar-refractivity contribution is 7.14. The third-order valence-corrected chi connectivity index (χ3v) is 4.99. The van der Waals surface area contributed by atoms with Crippen molar-refractivity contribution in [1.29, 1.82) is 0 Å². The van der Waals surface area contributed by atoms with Gasteiger partial charge in [-0.05, 0) is 47.2 Å². The van der Waals surface area contributed by atoms with Crippen molar-refractivity contribution in [3.05, 3.63) is 69.4 Å². The lowest BCUT2D eigenvalue weighted by Gasteiger charge is -2.21. The monoisotopic (exact) mass is 315 g/mol. The van der Waals surface area contributed by atoms with Gasteiger partial charge in [-0.1, -0.05) is 54.1 Å². The number of halogens is 1. The van der Waals surface area contributed by atoms with Crippen LogP contribution in [0.25, 0.3) is 10.8 Å². The third-order valence-electron chi connectivity index (χ3n) is 3.88. The summed E-state index contributed by atoms with van der Waals surface area (Å²) in [7, 11) is 0. The fourth-order valence-electron chi connectivity index (χ4n) is 2.74. The quantitative estimate of drug-likeness (QED) is 0.625. The summed E-state index contributed by atoms with van der Waals surface area (Å²) in [6, 6.07) is 17.6. The van der Waals surface area contributed by atoms with Gasteiger partial charge in [-0.15, -0.1) is 11.3 Å². The molecule has 108 valence electrons. The molecule has 0 bridgehead atoms. The van der Waals surface area contributed by atoms with Crippen LogP contribution in [0.5, 0.6) is 0 Å². The lowest BCUT2D eigenvalue weighted by molar-refractivity contribution is 0.498. The van der Waals surface area contributed by atoms with Gasteiger partial charge < -0.3 is 5.32 Å². The van der Waals surface area contributed by atoms with Crippen LogP contribution in [-0.2, 0) is 0 Å². The number of fused-ring (bicyclic) bond motifs is 1. The zero-order chi connectivity index (χ0) is 14.8. The van der Waals surface area contributed by atoms with Gasteiger partial charge in [0.05, 0.1) is 4.34 Å². The van der Waals surface area contributed by atoms with Crippen LogP contribution < -0.4 is 5.32 Å². The fourth-order valence-corrected chi connectivity index (χ4v) is 3.72. The van der Waals surface area contributed by atoms with Crippen LogP contribution >= 0.6 is 22.9 Å². The molecule has 3 aromatic rings. The van der Waals surface area contributed by atoms with E-state index in [-0.39, 0.29) is 12.1 Å². The summed E-state index contributed by atoms with van der Waals surface area (Å²) in [6.07, 6.45) is 0. The first-order valence-electron chi connectivity index (χ1n) is 7.13. The maximum Gasteiger partial charge on any atom is 0.0931 e. The molecule has 0 saturated carbocycles. The molecule has 0 aliphatic heterocycles. The molecule has 2 aromatic carbocycles. The number of rotatable bonds is 4. The summed E-state index contributed by atoms with van der Waals surface area (Å²) in [4.78, 5) is 0. The zero-order valence-electron chi connectivity index (χ0n) is 12.1. The summed E-state index contributed by atoms with van der Waals surface area (Å²) in [5.41, 5.74) is 2.58. The average molecular weight is 316 g/mol. The molecule has 0 aliphatic rings. The molecule has 0 fully saturated rings. The van der Waals surface area contributed by atoms with Crippen LogP contribution in [0.4, 0.5) is 0 Å². The second kappa shape index (κ2) is 6.18.